The molecule has 0 radical (unpaired) electrons. The molecule has 1 aliphatic heterocycles. The molecule has 0 aliphatic carbocycles. The Bertz CT molecular complexity index is 385. The van der Waals surface area contributed by atoms with Crippen LogP contribution in [-0.2, 0) is 10.3 Å². The van der Waals surface area contributed by atoms with Crippen molar-refractivity contribution >= 4 is 23.1 Å². The Balaban J connectivity index is 2.17. The lowest BCUT2D eigenvalue weighted by molar-refractivity contribution is -0.0507. The molecule has 2 heterocycles. The zero-order chi connectivity index (χ0) is 13.7. The van der Waals surface area contributed by atoms with E-state index in [4.69, 9.17) is 9.72 Å². The zero-order valence-electron chi connectivity index (χ0n) is 12.1. The molecule has 108 valence electrons. The summed E-state index contributed by atoms with van der Waals surface area (Å²) in [6.45, 7) is 8.27. The molecule has 1 aliphatic rings. The molecule has 0 amide bonds. The first kappa shape index (κ1) is 15.3. The highest BCUT2D eigenvalue weighted by Crippen LogP contribution is 2.36. The van der Waals surface area contributed by atoms with Crippen LogP contribution in [0.2, 0.25) is 0 Å². The van der Waals surface area contributed by atoms with E-state index in [1.165, 1.54) is 11.4 Å². The fourth-order valence-electron chi connectivity index (χ4n) is 2.51. The molecular formula is C14H24N2OS2. The van der Waals surface area contributed by atoms with E-state index < -0.39 is 0 Å². The number of rotatable bonds is 6. The minimum atomic E-state index is -0.181. The number of thioether (sulfide) groups is 1. The van der Waals surface area contributed by atoms with Gasteiger partial charge in [0, 0.05) is 30.0 Å². The van der Waals surface area contributed by atoms with Gasteiger partial charge in [0.15, 0.2) is 0 Å². The molecule has 0 saturated carbocycles. The number of thiazole rings is 1. The summed E-state index contributed by atoms with van der Waals surface area (Å²) in [6, 6.07) is 0.414. The number of ether oxygens (including phenoxy) is 1. The third-order valence-corrected chi connectivity index (χ3v) is 5.86. The second-order valence-corrected chi connectivity index (χ2v) is 6.80. The topological polar surface area (TPSA) is 34.1 Å². The van der Waals surface area contributed by atoms with Gasteiger partial charge in [-0.2, -0.15) is 11.8 Å². The number of aromatic nitrogens is 1. The molecule has 5 heteroatoms. The van der Waals surface area contributed by atoms with Gasteiger partial charge in [0.25, 0.3) is 0 Å². The van der Waals surface area contributed by atoms with Crippen LogP contribution >= 0.6 is 23.1 Å². The molecule has 1 saturated heterocycles. The van der Waals surface area contributed by atoms with Crippen LogP contribution in [0.15, 0.2) is 5.38 Å². The van der Waals surface area contributed by atoms with Crippen LogP contribution in [-0.4, -0.2) is 29.6 Å². The molecule has 3 nitrogen and oxygen atoms in total. The van der Waals surface area contributed by atoms with Gasteiger partial charge in [-0.3, -0.25) is 0 Å². The van der Waals surface area contributed by atoms with Crippen molar-refractivity contribution in [3.63, 3.8) is 0 Å². The molecule has 0 spiro atoms. The van der Waals surface area contributed by atoms with Crippen molar-refractivity contribution in [3.8, 4) is 0 Å². The maximum Gasteiger partial charge on any atom is 0.125 e. The summed E-state index contributed by atoms with van der Waals surface area (Å²) in [5, 5.41) is 6.90. The molecule has 1 atom stereocenters. The fourth-order valence-corrected chi connectivity index (χ4v) is 4.63. The van der Waals surface area contributed by atoms with Crippen molar-refractivity contribution < 1.29 is 4.74 Å². The van der Waals surface area contributed by atoms with Crippen LogP contribution in [0.25, 0.3) is 0 Å². The normalized spacial score (nSPS) is 20.7. The van der Waals surface area contributed by atoms with E-state index in [1.54, 1.807) is 11.3 Å². The maximum absolute atomic E-state index is 6.04. The summed E-state index contributed by atoms with van der Waals surface area (Å²) in [7, 11) is 0. The predicted molar refractivity (Wildman–Crippen MR) is 84.1 cm³/mol. The highest BCUT2D eigenvalue weighted by Gasteiger charge is 2.33. The first-order valence-corrected chi connectivity index (χ1v) is 9.20. The highest BCUT2D eigenvalue weighted by molar-refractivity contribution is 7.99. The van der Waals surface area contributed by atoms with Gasteiger partial charge >= 0.3 is 0 Å². The van der Waals surface area contributed by atoms with E-state index in [1.807, 2.05) is 11.8 Å². The van der Waals surface area contributed by atoms with Gasteiger partial charge in [-0.15, -0.1) is 11.3 Å². The van der Waals surface area contributed by atoms with Crippen LogP contribution in [0.1, 0.15) is 50.4 Å². The van der Waals surface area contributed by atoms with Crippen molar-refractivity contribution in [1.29, 1.82) is 0 Å². The van der Waals surface area contributed by atoms with Crippen LogP contribution < -0.4 is 5.32 Å². The largest absolute Gasteiger partial charge is 0.368 e. The molecule has 19 heavy (non-hydrogen) atoms. The van der Waals surface area contributed by atoms with Crippen molar-refractivity contribution in [2.75, 3.05) is 24.7 Å². The highest BCUT2D eigenvalue weighted by atomic mass is 32.2. The number of nitrogens with zero attached hydrogens (tertiary/aromatic N) is 1. The standard InChI is InChI=1S/C14H24N2OS2/c1-4-14(5-2,17-6-3)13-16-12(10-19-13)11-9-18-8-7-15-11/h10-11,15H,4-9H2,1-3H3. The molecule has 0 aromatic carbocycles. The van der Waals surface area contributed by atoms with Crippen molar-refractivity contribution in [1.82, 2.24) is 10.3 Å². The maximum atomic E-state index is 6.04. The molecule has 1 fully saturated rings. The minimum absolute atomic E-state index is 0.181. The summed E-state index contributed by atoms with van der Waals surface area (Å²) in [5.74, 6) is 2.34. The van der Waals surface area contributed by atoms with Gasteiger partial charge in [-0.25, -0.2) is 4.98 Å². The average molecular weight is 300 g/mol. The van der Waals surface area contributed by atoms with Crippen LogP contribution in [0.4, 0.5) is 0 Å². The SMILES string of the molecule is CCOC(CC)(CC)c1nc(C2CSCCN2)cs1. The lowest BCUT2D eigenvalue weighted by Gasteiger charge is -2.29. The first-order valence-electron chi connectivity index (χ1n) is 7.16. The Morgan fingerprint density at radius 3 is 2.79 bits per heavy atom. The fraction of sp³-hybridized carbons (Fsp3) is 0.786. The van der Waals surface area contributed by atoms with Crippen LogP contribution in [0.3, 0.4) is 0 Å². The van der Waals surface area contributed by atoms with E-state index in [0.717, 1.165) is 36.8 Å². The van der Waals surface area contributed by atoms with Crippen molar-refractivity contribution in [3.05, 3.63) is 16.1 Å². The van der Waals surface area contributed by atoms with E-state index >= 15 is 0 Å². The molecule has 0 bridgehead atoms. The van der Waals surface area contributed by atoms with Gasteiger partial charge in [0.05, 0.1) is 11.7 Å². The second-order valence-electron chi connectivity index (χ2n) is 4.79. The number of nitrogens with one attached hydrogen (secondary N) is 1. The summed E-state index contributed by atoms with van der Waals surface area (Å²) >= 11 is 3.76. The van der Waals surface area contributed by atoms with Crippen molar-refractivity contribution in [2.24, 2.45) is 0 Å². The molecule has 1 aromatic rings. The third-order valence-electron chi connectivity index (χ3n) is 3.75. The summed E-state index contributed by atoms with van der Waals surface area (Å²) < 4.78 is 6.04. The third kappa shape index (κ3) is 3.32. The first-order chi connectivity index (χ1) is 9.25. The van der Waals surface area contributed by atoms with Gasteiger partial charge in [0.2, 0.25) is 0 Å². The smallest absolute Gasteiger partial charge is 0.125 e. The summed E-state index contributed by atoms with van der Waals surface area (Å²) in [5.41, 5.74) is 1.01. The van der Waals surface area contributed by atoms with E-state index in [0.29, 0.717) is 6.04 Å². The Hall–Kier alpha value is -0.100. The van der Waals surface area contributed by atoms with Crippen molar-refractivity contribution in [2.45, 2.75) is 45.3 Å². The van der Waals surface area contributed by atoms with Crippen LogP contribution in [0.5, 0.6) is 0 Å². The van der Waals surface area contributed by atoms with E-state index in [-0.39, 0.29) is 5.60 Å². The Morgan fingerprint density at radius 2 is 2.21 bits per heavy atom. The summed E-state index contributed by atoms with van der Waals surface area (Å²) in [4.78, 5) is 4.88. The van der Waals surface area contributed by atoms with Gasteiger partial charge in [0.1, 0.15) is 10.6 Å². The Labute approximate surface area is 124 Å². The van der Waals surface area contributed by atoms with Gasteiger partial charge in [-0.1, -0.05) is 13.8 Å². The summed E-state index contributed by atoms with van der Waals surface area (Å²) in [6.07, 6.45) is 1.97. The van der Waals surface area contributed by atoms with Crippen LogP contribution in [0, 0.1) is 0 Å². The Morgan fingerprint density at radius 1 is 1.42 bits per heavy atom. The molecular weight excluding hydrogens is 276 g/mol. The number of hydrogen-bond acceptors (Lipinski definition) is 5. The predicted octanol–water partition coefficient (Wildman–Crippen LogP) is 3.57. The monoisotopic (exact) mass is 300 g/mol. The molecule has 1 unspecified atom stereocenters. The van der Waals surface area contributed by atoms with Gasteiger partial charge in [-0.05, 0) is 19.8 Å². The molecule has 1 aromatic heterocycles. The van der Waals surface area contributed by atoms with E-state index in [2.05, 4.69) is 31.5 Å². The molecule has 1 N–H and O–H groups in total. The minimum Gasteiger partial charge on any atom is -0.368 e. The Kier molecular flexibility index (Phi) is 5.69. The molecule has 2 rings (SSSR count). The lowest BCUT2D eigenvalue weighted by Crippen LogP contribution is -2.31. The lowest BCUT2D eigenvalue weighted by atomic mass is 9.98. The van der Waals surface area contributed by atoms with Gasteiger partial charge < -0.3 is 10.1 Å². The quantitative estimate of drug-likeness (QED) is 0.871. The second kappa shape index (κ2) is 7.07. The number of hydrogen-bond donors (Lipinski definition) is 1. The zero-order valence-corrected chi connectivity index (χ0v) is 13.7. The average Bonchev–Trinajstić information content (AvgIpc) is 2.96. The van der Waals surface area contributed by atoms with E-state index in [9.17, 15) is 0 Å².